The number of carbonyl (C=O) groups excluding carboxylic acids is 1. The second kappa shape index (κ2) is 6.83. The Morgan fingerprint density at radius 3 is 2.76 bits per heavy atom. The summed E-state index contributed by atoms with van der Waals surface area (Å²) in [5.74, 6) is -0.119. The van der Waals surface area contributed by atoms with E-state index in [0.717, 1.165) is 5.39 Å². The van der Waals surface area contributed by atoms with Gasteiger partial charge in [0.2, 0.25) is 0 Å². The van der Waals surface area contributed by atoms with Gasteiger partial charge >= 0.3 is 5.63 Å². The van der Waals surface area contributed by atoms with Crippen molar-refractivity contribution in [3.63, 3.8) is 0 Å². The van der Waals surface area contributed by atoms with Crippen molar-refractivity contribution in [1.82, 2.24) is 0 Å². The molecule has 1 aromatic heterocycles. The zero-order chi connectivity index (χ0) is 17.8. The Morgan fingerprint density at radius 2 is 1.96 bits per heavy atom. The first-order valence-electron chi connectivity index (χ1n) is 7.22. The SMILES string of the molecule is O=C(COc1ccc2ccc(=O)oc2c1)Nc1cccc([N+](=O)[O-])c1. The fourth-order valence-corrected chi connectivity index (χ4v) is 2.17. The number of nitro groups is 1. The van der Waals surface area contributed by atoms with Crippen molar-refractivity contribution in [3.05, 3.63) is 75.1 Å². The number of hydrogen-bond donors (Lipinski definition) is 1. The molecular formula is C17H12N2O6. The molecule has 3 rings (SSSR count). The number of non-ortho nitro benzene ring substituents is 1. The van der Waals surface area contributed by atoms with E-state index in [4.69, 9.17) is 9.15 Å². The van der Waals surface area contributed by atoms with Gasteiger partial charge in [-0.1, -0.05) is 6.07 Å². The molecule has 0 saturated carbocycles. The Hall–Kier alpha value is -3.68. The molecule has 0 aliphatic rings. The molecule has 1 amide bonds. The molecule has 8 nitrogen and oxygen atoms in total. The lowest BCUT2D eigenvalue weighted by Gasteiger charge is -2.08. The second-order valence-electron chi connectivity index (χ2n) is 5.10. The number of fused-ring (bicyclic) bond motifs is 1. The summed E-state index contributed by atoms with van der Waals surface area (Å²) >= 11 is 0. The minimum atomic E-state index is -0.547. The number of rotatable bonds is 5. The average Bonchev–Trinajstić information content (AvgIpc) is 2.59. The summed E-state index contributed by atoms with van der Waals surface area (Å²) in [6.45, 7) is -0.300. The molecule has 0 bridgehead atoms. The Balaban J connectivity index is 1.65. The molecule has 2 aromatic carbocycles. The summed E-state index contributed by atoms with van der Waals surface area (Å²) < 4.78 is 10.4. The number of nitro benzene ring substituents is 1. The number of nitrogens with one attached hydrogen (secondary N) is 1. The third-order valence-electron chi connectivity index (χ3n) is 3.31. The fourth-order valence-electron chi connectivity index (χ4n) is 2.17. The zero-order valence-corrected chi connectivity index (χ0v) is 12.8. The van der Waals surface area contributed by atoms with E-state index in [9.17, 15) is 19.7 Å². The van der Waals surface area contributed by atoms with Crippen LogP contribution in [0.15, 0.2) is 63.8 Å². The van der Waals surface area contributed by atoms with Gasteiger partial charge < -0.3 is 14.5 Å². The molecule has 0 aliphatic carbocycles. The number of ether oxygens (including phenoxy) is 1. The minimum Gasteiger partial charge on any atom is -0.484 e. The number of amides is 1. The van der Waals surface area contributed by atoms with Gasteiger partial charge in [-0.15, -0.1) is 0 Å². The van der Waals surface area contributed by atoms with Gasteiger partial charge in [0.25, 0.3) is 11.6 Å². The number of benzene rings is 2. The first-order chi connectivity index (χ1) is 12.0. The molecule has 3 aromatic rings. The Morgan fingerprint density at radius 1 is 1.16 bits per heavy atom. The van der Waals surface area contributed by atoms with Crippen LogP contribution in [0, 0.1) is 10.1 Å². The second-order valence-corrected chi connectivity index (χ2v) is 5.10. The van der Waals surface area contributed by atoms with Crippen LogP contribution < -0.4 is 15.7 Å². The van der Waals surface area contributed by atoms with Gasteiger partial charge in [-0.05, 0) is 24.3 Å². The summed E-state index contributed by atoms with van der Waals surface area (Å²) in [6, 6.07) is 13.4. The summed E-state index contributed by atoms with van der Waals surface area (Å²) in [5.41, 5.74) is 0.0488. The largest absolute Gasteiger partial charge is 0.484 e. The van der Waals surface area contributed by atoms with Crippen LogP contribution in [-0.2, 0) is 4.79 Å². The van der Waals surface area contributed by atoms with E-state index in [2.05, 4.69) is 5.32 Å². The molecule has 126 valence electrons. The fraction of sp³-hybridized carbons (Fsp3) is 0.0588. The monoisotopic (exact) mass is 340 g/mol. The van der Waals surface area contributed by atoms with Crippen molar-refractivity contribution >= 4 is 28.3 Å². The van der Waals surface area contributed by atoms with Crippen LogP contribution in [0.3, 0.4) is 0 Å². The van der Waals surface area contributed by atoms with Gasteiger partial charge in [0.1, 0.15) is 11.3 Å². The minimum absolute atomic E-state index is 0.122. The van der Waals surface area contributed by atoms with Crippen LogP contribution in [0.25, 0.3) is 11.0 Å². The molecule has 0 unspecified atom stereocenters. The maximum Gasteiger partial charge on any atom is 0.336 e. The molecule has 0 atom stereocenters. The zero-order valence-electron chi connectivity index (χ0n) is 12.8. The van der Waals surface area contributed by atoms with Crippen LogP contribution in [0.1, 0.15) is 0 Å². The molecule has 1 heterocycles. The van der Waals surface area contributed by atoms with Crippen LogP contribution in [0.5, 0.6) is 5.75 Å². The molecule has 0 saturated heterocycles. The van der Waals surface area contributed by atoms with Crippen molar-refractivity contribution in [2.24, 2.45) is 0 Å². The van der Waals surface area contributed by atoms with Gasteiger partial charge in [0.15, 0.2) is 6.61 Å². The Kier molecular flexibility index (Phi) is 4.42. The molecule has 0 aliphatic heterocycles. The van der Waals surface area contributed by atoms with Crippen LogP contribution in [-0.4, -0.2) is 17.4 Å². The normalized spacial score (nSPS) is 10.4. The van der Waals surface area contributed by atoms with Crippen molar-refractivity contribution in [2.75, 3.05) is 11.9 Å². The van der Waals surface area contributed by atoms with E-state index in [1.165, 1.54) is 36.4 Å². The number of anilines is 1. The van der Waals surface area contributed by atoms with Gasteiger partial charge in [0.05, 0.1) is 4.92 Å². The summed E-state index contributed by atoms with van der Waals surface area (Å²) in [6.07, 6.45) is 0. The molecule has 25 heavy (non-hydrogen) atoms. The number of nitrogens with zero attached hydrogens (tertiary/aromatic N) is 1. The quantitative estimate of drug-likeness (QED) is 0.434. The van der Waals surface area contributed by atoms with Crippen molar-refractivity contribution in [1.29, 1.82) is 0 Å². The van der Waals surface area contributed by atoms with Crippen molar-refractivity contribution in [2.45, 2.75) is 0 Å². The van der Waals surface area contributed by atoms with Gasteiger partial charge in [0, 0.05) is 35.3 Å². The standard InChI is InChI=1S/C17H12N2O6/c20-16(18-12-2-1-3-13(8-12)19(22)23)10-24-14-6-4-11-5-7-17(21)25-15(11)9-14/h1-9H,10H2,(H,18,20). The molecule has 1 N–H and O–H groups in total. The lowest BCUT2D eigenvalue weighted by atomic mass is 10.2. The third-order valence-corrected chi connectivity index (χ3v) is 3.31. The number of hydrogen-bond acceptors (Lipinski definition) is 6. The summed E-state index contributed by atoms with van der Waals surface area (Å²) in [4.78, 5) is 33.3. The Labute approximate surface area is 140 Å². The van der Waals surface area contributed by atoms with E-state index < -0.39 is 16.5 Å². The molecule has 0 fully saturated rings. The lowest BCUT2D eigenvalue weighted by Crippen LogP contribution is -2.20. The van der Waals surface area contributed by atoms with Gasteiger partial charge in [-0.2, -0.15) is 0 Å². The van der Waals surface area contributed by atoms with E-state index in [0.29, 0.717) is 17.0 Å². The summed E-state index contributed by atoms with van der Waals surface area (Å²) in [7, 11) is 0. The maximum absolute atomic E-state index is 11.9. The van der Waals surface area contributed by atoms with Crippen molar-refractivity contribution in [3.8, 4) is 5.75 Å². The highest BCUT2D eigenvalue weighted by Gasteiger charge is 2.09. The highest BCUT2D eigenvalue weighted by atomic mass is 16.6. The molecule has 0 radical (unpaired) electrons. The van der Waals surface area contributed by atoms with Crippen molar-refractivity contribution < 1.29 is 18.9 Å². The molecule has 8 heteroatoms. The predicted octanol–water partition coefficient (Wildman–Crippen LogP) is 2.72. The van der Waals surface area contributed by atoms with E-state index in [1.54, 1.807) is 18.2 Å². The Bertz CT molecular complexity index is 1010. The van der Waals surface area contributed by atoms with E-state index in [-0.39, 0.29) is 12.3 Å². The number of carbonyl (C=O) groups is 1. The maximum atomic E-state index is 11.9. The van der Waals surface area contributed by atoms with E-state index in [1.807, 2.05) is 0 Å². The van der Waals surface area contributed by atoms with Gasteiger partial charge in [-0.3, -0.25) is 14.9 Å². The van der Waals surface area contributed by atoms with Crippen LogP contribution >= 0.6 is 0 Å². The van der Waals surface area contributed by atoms with Crippen LogP contribution in [0.4, 0.5) is 11.4 Å². The van der Waals surface area contributed by atoms with Crippen LogP contribution in [0.2, 0.25) is 0 Å². The lowest BCUT2D eigenvalue weighted by molar-refractivity contribution is -0.384. The first-order valence-corrected chi connectivity index (χ1v) is 7.22. The highest BCUT2D eigenvalue weighted by Crippen LogP contribution is 2.20. The smallest absolute Gasteiger partial charge is 0.336 e. The average molecular weight is 340 g/mol. The topological polar surface area (TPSA) is 112 Å². The van der Waals surface area contributed by atoms with E-state index >= 15 is 0 Å². The molecular weight excluding hydrogens is 328 g/mol. The third kappa shape index (κ3) is 3.99. The first kappa shape index (κ1) is 16.2. The predicted molar refractivity (Wildman–Crippen MR) is 89.7 cm³/mol. The molecule has 0 spiro atoms. The highest BCUT2D eigenvalue weighted by molar-refractivity contribution is 5.92. The van der Waals surface area contributed by atoms with Gasteiger partial charge in [-0.25, -0.2) is 4.79 Å². The summed E-state index contributed by atoms with van der Waals surface area (Å²) in [5, 5.41) is 14.0.